The van der Waals surface area contributed by atoms with Crippen LogP contribution < -0.4 is 4.90 Å². The first-order valence-electron chi connectivity index (χ1n) is 10.4. The fourth-order valence-electron chi connectivity index (χ4n) is 3.78. The van der Waals surface area contributed by atoms with Gasteiger partial charge in [-0.3, -0.25) is 9.69 Å². The van der Waals surface area contributed by atoms with Gasteiger partial charge in [0.15, 0.2) is 6.29 Å². The van der Waals surface area contributed by atoms with Crippen LogP contribution in [0.3, 0.4) is 0 Å². The van der Waals surface area contributed by atoms with E-state index in [1.165, 1.54) is 17.9 Å². The topological polar surface area (TPSA) is 68.6 Å². The van der Waals surface area contributed by atoms with E-state index in [1.54, 1.807) is 24.4 Å². The number of ketones is 1. The number of nitrogens with zero attached hydrogens (tertiary/aromatic N) is 2. The third kappa shape index (κ3) is 4.77. The Morgan fingerprint density at radius 3 is 2.62 bits per heavy atom. The first-order valence-corrected chi connectivity index (χ1v) is 10.4. The summed E-state index contributed by atoms with van der Waals surface area (Å²) in [4.78, 5) is 35.5. The van der Waals surface area contributed by atoms with Gasteiger partial charge in [0.1, 0.15) is 17.7 Å². The van der Waals surface area contributed by atoms with Gasteiger partial charge in [0, 0.05) is 36.5 Å². The van der Waals surface area contributed by atoms with Crippen molar-refractivity contribution >= 4 is 23.9 Å². The van der Waals surface area contributed by atoms with Crippen molar-refractivity contribution < 1.29 is 23.5 Å². The zero-order valence-electron chi connectivity index (χ0n) is 17.7. The molecule has 1 fully saturated rings. The highest BCUT2D eigenvalue weighted by Gasteiger charge is 2.32. The van der Waals surface area contributed by atoms with Gasteiger partial charge in [0.05, 0.1) is 12.2 Å². The smallest absolute Gasteiger partial charge is 0.414 e. The number of hydrogen-bond acceptors (Lipinski definition) is 4. The Morgan fingerprint density at radius 1 is 1.19 bits per heavy atom. The summed E-state index contributed by atoms with van der Waals surface area (Å²) in [6, 6.07) is 14.0. The molecule has 164 valence electrons. The summed E-state index contributed by atoms with van der Waals surface area (Å²) in [5, 5.41) is 0. The number of cyclic esters (lactones) is 1. The Labute approximate surface area is 185 Å². The average molecular weight is 434 g/mol. The molecular weight excluding hydrogens is 411 g/mol. The predicted molar refractivity (Wildman–Crippen MR) is 118 cm³/mol. The third-order valence-electron chi connectivity index (χ3n) is 5.50. The van der Waals surface area contributed by atoms with Gasteiger partial charge in [0.25, 0.3) is 0 Å². The average Bonchev–Trinajstić information content (AvgIpc) is 3.39. The molecule has 6 nitrogen and oxygen atoms in total. The highest BCUT2D eigenvalue weighted by Crippen LogP contribution is 2.30. The van der Waals surface area contributed by atoms with Crippen LogP contribution in [-0.2, 0) is 16.1 Å². The number of aldehydes is 1. The zero-order valence-corrected chi connectivity index (χ0v) is 17.7. The molecule has 2 heterocycles. The van der Waals surface area contributed by atoms with Gasteiger partial charge < -0.3 is 14.1 Å². The third-order valence-corrected chi connectivity index (χ3v) is 5.50. The Balaban J connectivity index is 1.45. The summed E-state index contributed by atoms with van der Waals surface area (Å²) in [7, 11) is 0. The van der Waals surface area contributed by atoms with Crippen LogP contribution in [0.5, 0.6) is 0 Å². The predicted octanol–water partition coefficient (Wildman–Crippen LogP) is 4.85. The molecule has 0 N–H and O–H groups in total. The van der Waals surface area contributed by atoms with Crippen LogP contribution in [0.15, 0.2) is 60.9 Å². The van der Waals surface area contributed by atoms with Gasteiger partial charge in [0.2, 0.25) is 0 Å². The molecule has 7 heteroatoms. The molecule has 32 heavy (non-hydrogen) atoms. The van der Waals surface area contributed by atoms with Crippen LogP contribution in [0.1, 0.15) is 35.7 Å². The Hall–Kier alpha value is -3.74. The Kier molecular flexibility index (Phi) is 6.16. The minimum atomic E-state index is -0.530. The number of carbonyl (C=O) groups excluding carboxylic acids is 3. The molecule has 0 aliphatic carbocycles. The SMILES string of the molecule is CC(=O)CC[C@H]1CN(c2ccc(-c3ccc(Cn4ccc(C=O)c4)cc3)c(F)c2)C(=O)O1. The fourth-order valence-corrected chi connectivity index (χ4v) is 3.78. The molecule has 1 atom stereocenters. The lowest BCUT2D eigenvalue weighted by molar-refractivity contribution is -0.117. The maximum atomic E-state index is 14.9. The lowest BCUT2D eigenvalue weighted by Crippen LogP contribution is -2.24. The van der Waals surface area contributed by atoms with Crippen molar-refractivity contribution in [2.75, 3.05) is 11.4 Å². The summed E-state index contributed by atoms with van der Waals surface area (Å²) in [6.07, 6.45) is 4.32. The number of benzene rings is 2. The van der Waals surface area contributed by atoms with Gasteiger partial charge in [-0.05, 0) is 48.7 Å². The molecule has 2 aromatic carbocycles. The van der Waals surface area contributed by atoms with E-state index in [2.05, 4.69) is 0 Å². The van der Waals surface area contributed by atoms with Crippen molar-refractivity contribution in [1.82, 2.24) is 4.57 Å². The fraction of sp³-hybridized carbons (Fsp3) is 0.240. The van der Waals surface area contributed by atoms with E-state index in [1.807, 2.05) is 35.0 Å². The van der Waals surface area contributed by atoms with E-state index in [0.717, 1.165) is 17.4 Å². The van der Waals surface area contributed by atoms with Crippen LogP contribution in [-0.4, -0.2) is 35.4 Å². The highest BCUT2D eigenvalue weighted by molar-refractivity contribution is 5.90. The van der Waals surface area contributed by atoms with Gasteiger partial charge in [-0.2, -0.15) is 0 Å². The first-order chi connectivity index (χ1) is 15.4. The highest BCUT2D eigenvalue weighted by atomic mass is 19.1. The second-order valence-corrected chi connectivity index (χ2v) is 7.95. The van der Waals surface area contributed by atoms with Crippen molar-refractivity contribution in [3.63, 3.8) is 0 Å². The molecule has 0 unspecified atom stereocenters. The summed E-state index contributed by atoms with van der Waals surface area (Å²) in [5.41, 5.74) is 3.23. The van der Waals surface area contributed by atoms with Crippen molar-refractivity contribution in [1.29, 1.82) is 0 Å². The van der Waals surface area contributed by atoms with Gasteiger partial charge in [-0.15, -0.1) is 0 Å². The van der Waals surface area contributed by atoms with Crippen LogP contribution in [0.2, 0.25) is 0 Å². The standard InChI is InChI=1S/C25H23FN2O4/c1-17(30)2-8-22-15-28(25(31)32-22)21-7-9-23(24(26)12-21)20-5-3-18(4-6-20)13-27-11-10-19(14-27)16-29/h3-7,9-12,14,16,22H,2,8,13,15H2,1H3/t22-/m0/s1. The molecular formula is C25H23FN2O4. The molecule has 1 aliphatic rings. The molecule has 4 rings (SSSR count). The molecule has 3 aromatic rings. The quantitative estimate of drug-likeness (QED) is 0.476. The zero-order chi connectivity index (χ0) is 22.7. The Bertz CT molecular complexity index is 1150. The number of halogens is 1. The number of anilines is 1. The van der Waals surface area contributed by atoms with Crippen molar-refractivity contribution in [3.8, 4) is 11.1 Å². The summed E-state index contributed by atoms with van der Waals surface area (Å²) in [6.45, 7) is 2.40. The van der Waals surface area contributed by atoms with Crippen molar-refractivity contribution in [2.24, 2.45) is 0 Å². The second kappa shape index (κ2) is 9.18. The van der Waals surface area contributed by atoms with E-state index in [-0.39, 0.29) is 11.9 Å². The normalized spacial score (nSPS) is 15.6. The van der Waals surface area contributed by atoms with Crippen LogP contribution in [0.25, 0.3) is 11.1 Å². The monoisotopic (exact) mass is 434 g/mol. The first kappa shape index (κ1) is 21.5. The van der Waals surface area contributed by atoms with Gasteiger partial charge in [-0.25, -0.2) is 9.18 Å². The number of amides is 1. The summed E-state index contributed by atoms with van der Waals surface area (Å²) in [5.74, 6) is -0.392. The van der Waals surface area contributed by atoms with E-state index < -0.39 is 11.9 Å². The molecule has 1 saturated heterocycles. The number of Topliss-reactive ketones (excluding diaryl/α,β-unsaturated/α-hetero) is 1. The minimum Gasteiger partial charge on any atom is -0.444 e. The van der Waals surface area contributed by atoms with Crippen LogP contribution in [0.4, 0.5) is 14.9 Å². The maximum Gasteiger partial charge on any atom is 0.414 e. The minimum absolute atomic E-state index is 0.0417. The molecule has 0 saturated carbocycles. The maximum absolute atomic E-state index is 14.9. The number of aromatic nitrogens is 1. The van der Waals surface area contributed by atoms with E-state index in [9.17, 15) is 18.8 Å². The van der Waals surface area contributed by atoms with E-state index in [0.29, 0.717) is 42.7 Å². The molecule has 1 amide bonds. The van der Waals surface area contributed by atoms with Crippen molar-refractivity contribution in [3.05, 3.63) is 77.9 Å². The van der Waals surface area contributed by atoms with E-state index >= 15 is 0 Å². The van der Waals surface area contributed by atoms with Gasteiger partial charge in [-0.1, -0.05) is 24.3 Å². The van der Waals surface area contributed by atoms with Crippen LogP contribution in [0, 0.1) is 5.82 Å². The number of hydrogen-bond donors (Lipinski definition) is 0. The van der Waals surface area contributed by atoms with Crippen molar-refractivity contribution in [2.45, 2.75) is 32.4 Å². The summed E-state index contributed by atoms with van der Waals surface area (Å²) >= 11 is 0. The lowest BCUT2D eigenvalue weighted by Gasteiger charge is -2.14. The molecule has 0 spiro atoms. The summed E-state index contributed by atoms with van der Waals surface area (Å²) < 4.78 is 22.1. The molecule has 0 bridgehead atoms. The molecule has 0 radical (unpaired) electrons. The molecule has 1 aromatic heterocycles. The molecule has 1 aliphatic heterocycles. The number of ether oxygens (including phenoxy) is 1. The number of rotatable bonds is 8. The second-order valence-electron chi connectivity index (χ2n) is 7.95. The Morgan fingerprint density at radius 2 is 1.97 bits per heavy atom. The van der Waals surface area contributed by atoms with Gasteiger partial charge >= 0.3 is 6.09 Å². The lowest BCUT2D eigenvalue weighted by atomic mass is 10.0. The number of carbonyl (C=O) groups is 3. The van der Waals surface area contributed by atoms with E-state index in [4.69, 9.17) is 4.74 Å². The largest absolute Gasteiger partial charge is 0.444 e. The van der Waals surface area contributed by atoms with Crippen LogP contribution >= 0.6 is 0 Å².